The summed E-state index contributed by atoms with van der Waals surface area (Å²) < 4.78 is 42.8. The van der Waals surface area contributed by atoms with E-state index in [0.29, 0.717) is 18.3 Å². The van der Waals surface area contributed by atoms with E-state index in [4.69, 9.17) is 4.55 Å². The molecule has 0 aliphatic heterocycles. The molecule has 0 aliphatic carbocycles. The van der Waals surface area contributed by atoms with Crippen LogP contribution in [0, 0.1) is 17.7 Å². The van der Waals surface area contributed by atoms with Gasteiger partial charge in [0.25, 0.3) is 10.1 Å². The highest BCUT2D eigenvalue weighted by Crippen LogP contribution is 2.21. The first-order valence-corrected chi connectivity index (χ1v) is 8.78. The van der Waals surface area contributed by atoms with Gasteiger partial charge in [-0.1, -0.05) is 44.6 Å². The zero-order valence-corrected chi connectivity index (χ0v) is 13.3. The van der Waals surface area contributed by atoms with Gasteiger partial charge in [0.05, 0.1) is 5.75 Å². The zero-order chi connectivity index (χ0) is 15.9. The lowest BCUT2D eigenvalue weighted by Crippen LogP contribution is -2.08. The minimum Gasteiger partial charge on any atom is -0.286 e. The van der Waals surface area contributed by atoms with Crippen LogP contribution in [0.25, 0.3) is 6.08 Å². The van der Waals surface area contributed by atoms with Crippen LogP contribution in [-0.4, -0.2) is 18.7 Å². The summed E-state index contributed by atoms with van der Waals surface area (Å²) in [5.74, 6) is 0.334. The van der Waals surface area contributed by atoms with E-state index in [2.05, 4.69) is 19.9 Å². The molecule has 1 aromatic carbocycles. The van der Waals surface area contributed by atoms with Gasteiger partial charge in [0.2, 0.25) is 0 Å². The van der Waals surface area contributed by atoms with E-state index in [1.54, 1.807) is 12.1 Å². The molecule has 1 aromatic rings. The highest BCUT2D eigenvalue weighted by Gasteiger charge is 2.11. The van der Waals surface area contributed by atoms with Crippen LogP contribution >= 0.6 is 0 Å². The molecule has 0 unspecified atom stereocenters. The van der Waals surface area contributed by atoms with Gasteiger partial charge in [0.1, 0.15) is 5.82 Å². The Morgan fingerprint density at radius 2 is 1.81 bits per heavy atom. The monoisotopic (exact) mass is 314 g/mol. The number of benzene rings is 1. The van der Waals surface area contributed by atoms with Crippen molar-refractivity contribution in [2.45, 2.75) is 33.1 Å². The quantitative estimate of drug-likeness (QED) is 0.579. The largest absolute Gasteiger partial charge is 0.286 e. The van der Waals surface area contributed by atoms with Crippen LogP contribution in [0.2, 0.25) is 0 Å². The molecule has 1 atom stereocenters. The van der Waals surface area contributed by atoms with Gasteiger partial charge in [-0.15, -0.1) is 0 Å². The number of hydrogen-bond acceptors (Lipinski definition) is 2. The SMILES string of the molecule is CC(C)[C@H](/C=C/c1ccc(F)cc1)CCCCS(=O)(=O)O. The van der Waals surface area contributed by atoms with E-state index < -0.39 is 10.1 Å². The molecule has 1 rings (SSSR count). The van der Waals surface area contributed by atoms with E-state index in [-0.39, 0.29) is 11.6 Å². The Morgan fingerprint density at radius 1 is 1.19 bits per heavy atom. The molecular weight excluding hydrogens is 291 g/mol. The fourth-order valence-corrected chi connectivity index (χ4v) is 2.69. The van der Waals surface area contributed by atoms with E-state index in [1.807, 2.05) is 6.08 Å². The van der Waals surface area contributed by atoms with Crippen molar-refractivity contribution in [3.05, 3.63) is 41.7 Å². The molecule has 0 saturated heterocycles. The van der Waals surface area contributed by atoms with Crippen molar-refractivity contribution in [3.8, 4) is 0 Å². The second-order valence-electron chi connectivity index (χ2n) is 5.60. The molecule has 0 saturated carbocycles. The van der Waals surface area contributed by atoms with Crippen LogP contribution in [0.5, 0.6) is 0 Å². The summed E-state index contributed by atoms with van der Waals surface area (Å²) in [5.41, 5.74) is 0.944. The molecule has 1 N–H and O–H groups in total. The van der Waals surface area contributed by atoms with Crippen molar-refractivity contribution in [1.82, 2.24) is 0 Å². The van der Waals surface area contributed by atoms with E-state index in [1.165, 1.54) is 12.1 Å². The highest BCUT2D eigenvalue weighted by molar-refractivity contribution is 7.85. The summed E-state index contributed by atoms with van der Waals surface area (Å²) in [7, 11) is -3.86. The molecule has 0 heterocycles. The number of allylic oxidation sites excluding steroid dienone is 1. The first kappa shape index (κ1) is 17.9. The third-order valence-electron chi connectivity index (χ3n) is 3.45. The third-order valence-corrected chi connectivity index (χ3v) is 4.26. The van der Waals surface area contributed by atoms with Crippen molar-refractivity contribution < 1.29 is 17.4 Å². The van der Waals surface area contributed by atoms with Crippen LogP contribution in [-0.2, 0) is 10.1 Å². The number of hydrogen-bond donors (Lipinski definition) is 1. The normalized spacial score (nSPS) is 14.0. The Morgan fingerprint density at radius 3 is 2.33 bits per heavy atom. The second kappa shape index (κ2) is 8.29. The minimum atomic E-state index is -3.86. The lowest BCUT2D eigenvalue weighted by molar-refractivity contribution is 0.421. The van der Waals surface area contributed by atoms with Crippen molar-refractivity contribution in [1.29, 1.82) is 0 Å². The predicted octanol–water partition coefficient (Wildman–Crippen LogP) is 4.17. The van der Waals surface area contributed by atoms with Gasteiger partial charge in [-0.3, -0.25) is 4.55 Å². The van der Waals surface area contributed by atoms with Crippen LogP contribution in [0.4, 0.5) is 4.39 Å². The lowest BCUT2D eigenvalue weighted by atomic mass is 9.90. The van der Waals surface area contributed by atoms with Gasteiger partial charge in [-0.05, 0) is 42.4 Å². The molecule has 0 bridgehead atoms. The Kier molecular flexibility index (Phi) is 7.05. The van der Waals surface area contributed by atoms with E-state index in [9.17, 15) is 12.8 Å². The number of halogens is 1. The highest BCUT2D eigenvalue weighted by atomic mass is 32.2. The zero-order valence-electron chi connectivity index (χ0n) is 12.5. The van der Waals surface area contributed by atoms with Crippen LogP contribution in [0.15, 0.2) is 30.3 Å². The molecule has 0 fully saturated rings. The van der Waals surface area contributed by atoms with E-state index >= 15 is 0 Å². The average Bonchev–Trinajstić information content (AvgIpc) is 2.38. The molecule has 3 nitrogen and oxygen atoms in total. The third kappa shape index (κ3) is 7.97. The average molecular weight is 314 g/mol. The standard InChI is InChI=1S/C16H23FO3S/c1-13(2)15(5-3-4-12-21(18,19)20)9-6-14-7-10-16(17)11-8-14/h6-11,13,15H,3-5,12H2,1-2H3,(H,18,19,20)/b9-6+/t15-/m0/s1. The van der Waals surface area contributed by atoms with Crippen molar-refractivity contribution in [2.75, 3.05) is 5.75 Å². The van der Waals surface area contributed by atoms with Gasteiger partial charge < -0.3 is 0 Å². The molecule has 0 radical (unpaired) electrons. The Hall–Kier alpha value is -1.20. The molecular formula is C16H23FO3S. The van der Waals surface area contributed by atoms with Crippen LogP contribution in [0.1, 0.15) is 38.7 Å². The Balaban J connectivity index is 2.51. The van der Waals surface area contributed by atoms with Crippen LogP contribution < -0.4 is 0 Å². The minimum absolute atomic E-state index is 0.181. The Bertz CT molecular complexity index is 547. The molecule has 118 valence electrons. The molecule has 21 heavy (non-hydrogen) atoms. The summed E-state index contributed by atoms with van der Waals surface area (Å²) in [5, 5.41) is 0. The Labute approximate surface area is 126 Å². The maximum absolute atomic E-state index is 12.8. The first-order chi connectivity index (χ1) is 9.78. The maximum atomic E-state index is 12.8. The van der Waals surface area contributed by atoms with Gasteiger partial charge in [-0.25, -0.2) is 4.39 Å². The first-order valence-electron chi connectivity index (χ1n) is 7.17. The summed E-state index contributed by atoms with van der Waals surface area (Å²) in [6.45, 7) is 4.23. The maximum Gasteiger partial charge on any atom is 0.264 e. The number of rotatable bonds is 8. The number of unbranched alkanes of at least 4 members (excludes halogenated alkanes) is 1. The van der Waals surface area contributed by atoms with Gasteiger partial charge in [-0.2, -0.15) is 8.42 Å². The second-order valence-corrected chi connectivity index (χ2v) is 7.17. The fraction of sp³-hybridized carbons (Fsp3) is 0.500. The van der Waals surface area contributed by atoms with Gasteiger partial charge in [0, 0.05) is 0 Å². The molecule has 5 heteroatoms. The molecule has 0 amide bonds. The van der Waals surface area contributed by atoms with Gasteiger partial charge >= 0.3 is 0 Å². The predicted molar refractivity (Wildman–Crippen MR) is 84.0 cm³/mol. The van der Waals surface area contributed by atoms with E-state index in [0.717, 1.165) is 18.4 Å². The van der Waals surface area contributed by atoms with Crippen molar-refractivity contribution >= 4 is 16.2 Å². The summed E-state index contributed by atoms with van der Waals surface area (Å²) in [4.78, 5) is 0. The fourth-order valence-electron chi connectivity index (χ4n) is 2.12. The molecule has 0 spiro atoms. The topological polar surface area (TPSA) is 54.4 Å². The lowest BCUT2D eigenvalue weighted by Gasteiger charge is -2.16. The molecule has 0 aliphatic rings. The molecule has 0 aromatic heterocycles. The van der Waals surface area contributed by atoms with Crippen molar-refractivity contribution in [3.63, 3.8) is 0 Å². The van der Waals surface area contributed by atoms with Gasteiger partial charge in [0.15, 0.2) is 0 Å². The summed E-state index contributed by atoms with van der Waals surface area (Å²) in [6.07, 6.45) is 6.13. The van der Waals surface area contributed by atoms with Crippen LogP contribution in [0.3, 0.4) is 0 Å². The summed E-state index contributed by atoms with van der Waals surface area (Å²) in [6, 6.07) is 6.30. The smallest absolute Gasteiger partial charge is 0.264 e. The summed E-state index contributed by atoms with van der Waals surface area (Å²) >= 11 is 0. The van der Waals surface area contributed by atoms with Crippen molar-refractivity contribution in [2.24, 2.45) is 11.8 Å².